The molecule has 1 fully saturated rings. The largest absolute Gasteiger partial charge is 0.473 e. The molecule has 2 aromatic carbocycles. The van der Waals surface area contributed by atoms with Gasteiger partial charge in [0.15, 0.2) is 0 Å². The summed E-state index contributed by atoms with van der Waals surface area (Å²) in [4.78, 5) is 21.9. The van der Waals surface area contributed by atoms with Crippen LogP contribution in [0.1, 0.15) is 53.1 Å². The molecule has 5 aromatic rings. The summed E-state index contributed by atoms with van der Waals surface area (Å²) in [6.07, 6.45) is 7.09. The smallest absolute Gasteiger partial charge is 0.337 e. The Hall–Kier alpha value is -4.21. The number of ether oxygens (including phenoxy) is 3. The third-order valence-corrected chi connectivity index (χ3v) is 8.86. The molecule has 7 rings (SSSR count). The normalized spacial score (nSPS) is 18.3. The van der Waals surface area contributed by atoms with Crippen molar-refractivity contribution in [3.05, 3.63) is 94.4 Å². The summed E-state index contributed by atoms with van der Waals surface area (Å²) in [5, 5.41) is 0.947. The first-order chi connectivity index (χ1) is 21.4. The molecular weight excluding hydrogens is 585 g/mol. The molecule has 3 aromatic heterocycles. The van der Waals surface area contributed by atoms with Crippen LogP contribution in [0.5, 0.6) is 5.88 Å². The predicted octanol–water partition coefficient (Wildman–Crippen LogP) is 7.55. The van der Waals surface area contributed by atoms with E-state index >= 15 is 0 Å². The van der Waals surface area contributed by atoms with Crippen molar-refractivity contribution in [3.63, 3.8) is 0 Å². The third kappa shape index (κ3) is 5.69. The van der Waals surface area contributed by atoms with Gasteiger partial charge >= 0.3 is 5.97 Å². The minimum absolute atomic E-state index is 0.164. The zero-order chi connectivity index (χ0) is 30.2. The molecule has 0 bridgehead atoms. The van der Waals surface area contributed by atoms with Crippen LogP contribution in [-0.4, -0.2) is 40.3 Å². The van der Waals surface area contributed by atoms with E-state index < -0.39 is 6.01 Å². The molecule has 2 atom stereocenters. The number of nitrogens with zero attached hydrogens (tertiary/aromatic N) is 3. The van der Waals surface area contributed by atoms with Crippen LogP contribution in [0.3, 0.4) is 0 Å². The number of methoxy groups -OCH3 is 1. The van der Waals surface area contributed by atoms with Gasteiger partial charge in [0.1, 0.15) is 18.0 Å². The Morgan fingerprint density at radius 2 is 2.02 bits per heavy atom. The third-order valence-electron chi connectivity index (χ3n) is 8.53. The maximum absolute atomic E-state index is 13.7. The first-order valence-corrected chi connectivity index (χ1v) is 15.2. The molecule has 0 N–H and O–H groups in total. The van der Waals surface area contributed by atoms with Crippen molar-refractivity contribution in [2.75, 3.05) is 13.7 Å². The average molecular weight is 616 g/mol. The molecule has 1 aliphatic heterocycles. The highest BCUT2D eigenvalue weighted by molar-refractivity contribution is 6.35. The molecular formula is C34H31ClFN3O5. The van der Waals surface area contributed by atoms with Gasteiger partial charge in [-0.1, -0.05) is 29.8 Å². The molecule has 2 aliphatic rings. The number of carbonyl (C=O) groups excluding carboxylic acids is 1. The van der Waals surface area contributed by atoms with Gasteiger partial charge in [-0.05, 0) is 67.5 Å². The number of benzene rings is 2. The van der Waals surface area contributed by atoms with E-state index in [1.807, 2.05) is 30.3 Å². The molecule has 0 saturated carbocycles. The number of fused-ring (bicyclic) bond motifs is 2. The predicted molar refractivity (Wildman–Crippen MR) is 164 cm³/mol. The zero-order valence-electron chi connectivity index (χ0n) is 24.2. The van der Waals surface area contributed by atoms with Crippen LogP contribution in [0, 0.1) is 11.9 Å². The molecule has 226 valence electrons. The Balaban J connectivity index is 1.05. The maximum atomic E-state index is 13.7. The number of aromatic nitrogens is 3. The number of furan rings is 1. The van der Waals surface area contributed by atoms with Crippen molar-refractivity contribution in [1.82, 2.24) is 14.5 Å². The first kappa shape index (κ1) is 28.6. The fourth-order valence-electron chi connectivity index (χ4n) is 6.03. The number of halogens is 2. The standard InChI is InChI=1S/C34H31ClFN3O5/c1-41-34(40)22-10-12-28-29(16-22)39(18-24-13-14-42-24)31(37-28)15-20-5-7-21(8-6-20)27-3-2-4-32(38-27)43-19-23-9-11-26(35)25-17-30(36)44-33(23)25/h2-4,7,9-12,16-17,20,24H,5-6,8,13-15,18-19H2,1H3/t20?,24-/m0/s1. The second-order valence-corrected chi connectivity index (χ2v) is 11.7. The Labute approximate surface area is 258 Å². The monoisotopic (exact) mass is 615 g/mol. The Kier molecular flexibility index (Phi) is 7.82. The summed E-state index contributed by atoms with van der Waals surface area (Å²) < 4.78 is 37.8. The molecule has 0 spiro atoms. The number of rotatable bonds is 9. The van der Waals surface area contributed by atoms with Gasteiger partial charge in [0.05, 0.1) is 47.1 Å². The van der Waals surface area contributed by atoms with Crippen molar-refractivity contribution in [2.45, 2.75) is 51.4 Å². The summed E-state index contributed by atoms with van der Waals surface area (Å²) in [6.45, 7) is 1.68. The molecule has 1 aliphatic carbocycles. The highest BCUT2D eigenvalue weighted by Gasteiger charge is 2.25. The lowest BCUT2D eigenvalue weighted by Gasteiger charge is -2.28. The molecule has 1 saturated heterocycles. The van der Waals surface area contributed by atoms with E-state index in [4.69, 9.17) is 40.2 Å². The second-order valence-electron chi connectivity index (χ2n) is 11.3. The quantitative estimate of drug-likeness (QED) is 0.158. The molecule has 1 unspecified atom stereocenters. The number of esters is 1. The average Bonchev–Trinajstić information content (AvgIpc) is 3.58. The SMILES string of the molecule is COC(=O)c1ccc2nc(CC3CC=C(c4cccc(OCc5ccc(Cl)c6cc(F)oc56)n4)CC3)n(C[C@@H]3CCO3)c2c1. The van der Waals surface area contributed by atoms with Gasteiger partial charge in [-0.25, -0.2) is 14.8 Å². The van der Waals surface area contributed by atoms with E-state index in [0.29, 0.717) is 38.9 Å². The lowest BCUT2D eigenvalue weighted by molar-refractivity contribution is -0.0590. The number of allylic oxidation sites excluding steroid dienone is 2. The van der Waals surface area contributed by atoms with E-state index in [9.17, 15) is 9.18 Å². The number of pyridine rings is 1. The summed E-state index contributed by atoms with van der Waals surface area (Å²) in [5.74, 6) is 1.57. The van der Waals surface area contributed by atoms with Crippen molar-refractivity contribution >= 4 is 45.1 Å². The molecule has 44 heavy (non-hydrogen) atoms. The van der Waals surface area contributed by atoms with Crippen LogP contribution in [0.2, 0.25) is 5.02 Å². The van der Waals surface area contributed by atoms with Gasteiger partial charge in [-0.2, -0.15) is 4.39 Å². The highest BCUT2D eigenvalue weighted by Crippen LogP contribution is 2.34. The number of hydrogen-bond acceptors (Lipinski definition) is 7. The van der Waals surface area contributed by atoms with Crippen LogP contribution in [0.4, 0.5) is 4.39 Å². The Morgan fingerprint density at radius 1 is 1.14 bits per heavy atom. The lowest BCUT2D eigenvalue weighted by Crippen LogP contribution is -2.32. The van der Waals surface area contributed by atoms with Crippen molar-refractivity contribution in [2.24, 2.45) is 5.92 Å². The van der Waals surface area contributed by atoms with Gasteiger partial charge in [0.25, 0.3) is 6.01 Å². The van der Waals surface area contributed by atoms with Gasteiger partial charge in [0, 0.05) is 36.1 Å². The van der Waals surface area contributed by atoms with E-state index in [0.717, 1.165) is 67.8 Å². The highest BCUT2D eigenvalue weighted by atomic mass is 35.5. The van der Waals surface area contributed by atoms with Crippen LogP contribution in [-0.2, 0) is 29.0 Å². The molecule has 10 heteroatoms. The minimum atomic E-state index is -0.686. The van der Waals surface area contributed by atoms with Gasteiger partial charge < -0.3 is 23.2 Å². The van der Waals surface area contributed by atoms with Crippen molar-refractivity contribution in [1.29, 1.82) is 0 Å². The van der Waals surface area contributed by atoms with Crippen molar-refractivity contribution in [3.8, 4) is 5.88 Å². The molecule has 0 amide bonds. The zero-order valence-corrected chi connectivity index (χ0v) is 25.0. The minimum Gasteiger partial charge on any atom is -0.473 e. The van der Waals surface area contributed by atoms with E-state index in [1.165, 1.54) is 18.7 Å². The van der Waals surface area contributed by atoms with Crippen LogP contribution in [0.15, 0.2) is 65.1 Å². The van der Waals surface area contributed by atoms with Crippen LogP contribution < -0.4 is 4.74 Å². The van der Waals surface area contributed by atoms with Crippen molar-refractivity contribution < 1.29 is 27.8 Å². The number of carbonyl (C=O) groups is 1. The number of hydrogen-bond donors (Lipinski definition) is 0. The Morgan fingerprint density at radius 3 is 2.80 bits per heavy atom. The maximum Gasteiger partial charge on any atom is 0.337 e. The molecule has 8 nitrogen and oxygen atoms in total. The second kappa shape index (κ2) is 12.1. The topological polar surface area (TPSA) is 88.6 Å². The summed E-state index contributed by atoms with van der Waals surface area (Å²) in [5.41, 5.74) is 5.47. The lowest BCUT2D eigenvalue weighted by atomic mass is 9.86. The van der Waals surface area contributed by atoms with E-state index in [2.05, 4.69) is 10.6 Å². The van der Waals surface area contributed by atoms with Gasteiger partial charge in [-0.15, -0.1) is 0 Å². The van der Waals surface area contributed by atoms with E-state index in [1.54, 1.807) is 18.2 Å². The summed E-state index contributed by atoms with van der Waals surface area (Å²) >= 11 is 6.19. The fourth-order valence-corrected chi connectivity index (χ4v) is 6.23. The fraction of sp³-hybridized carbons (Fsp3) is 0.324. The first-order valence-electron chi connectivity index (χ1n) is 14.8. The summed E-state index contributed by atoms with van der Waals surface area (Å²) in [7, 11) is 1.39. The van der Waals surface area contributed by atoms with Crippen LogP contribution >= 0.6 is 11.6 Å². The molecule has 0 radical (unpaired) electrons. The van der Waals surface area contributed by atoms with Crippen LogP contribution in [0.25, 0.3) is 27.6 Å². The van der Waals surface area contributed by atoms with Gasteiger partial charge in [-0.3, -0.25) is 0 Å². The number of imidazole rings is 1. The molecule has 4 heterocycles. The Bertz CT molecular complexity index is 1890. The van der Waals surface area contributed by atoms with Gasteiger partial charge in [0.2, 0.25) is 5.88 Å². The summed E-state index contributed by atoms with van der Waals surface area (Å²) in [6, 6.07) is 15.4. The van der Waals surface area contributed by atoms with E-state index in [-0.39, 0.29) is 18.7 Å².